The Labute approximate surface area is 173 Å². The van der Waals surface area contributed by atoms with Gasteiger partial charge in [0.15, 0.2) is 0 Å². The van der Waals surface area contributed by atoms with E-state index in [0.29, 0.717) is 24.2 Å². The molecule has 2 unspecified atom stereocenters. The summed E-state index contributed by atoms with van der Waals surface area (Å²) in [4.78, 5) is 27.7. The number of ether oxygens (including phenoxy) is 1. The number of hydrogen-bond acceptors (Lipinski definition) is 6. The number of rotatable bonds is 7. The molecule has 3 rings (SSSR count). The normalized spacial score (nSPS) is 22.5. The van der Waals surface area contributed by atoms with Crippen molar-refractivity contribution in [2.75, 3.05) is 31.3 Å². The molecular weight excluding hydrogens is 368 g/mol. The van der Waals surface area contributed by atoms with Gasteiger partial charge in [-0.3, -0.25) is 9.80 Å². The highest BCUT2D eigenvalue weighted by atomic mass is 16.5. The molecule has 2 aliphatic heterocycles. The van der Waals surface area contributed by atoms with E-state index in [4.69, 9.17) is 4.74 Å². The minimum atomic E-state index is -0.540. The van der Waals surface area contributed by atoms with Crippen LogP contribution in [0.25, 0.3) is 0 Å². The van der Waals surface area contributed by atoms with Crippen LogP contribution in [0, 0.1) is 5.92 Å². The molecule has 1 fully saturated rings. The number of nitrogens with zero attached hydrogens (tertiary/aromatic N) is 3. The van der Waals surface area contributed by atoms with Crippen molar-refractivity contribution < 1.29 is 14.3 Å². The van der Waals surface area contributed by atoms with Gasteiger partial charge in [0.25, 0.3) is 0 Å². The van der Waals surface area contributed by atoms with Crippen LogP contribution in [0.3, 0.4) is 0 Å². The number of likely N-dealkylation sites (tertiary alicyclic amines) is 1. The summed E-state index contributed by atoms with van der Waals surface area (Å²) in [5, 5.41) is 9.17. The Balaban J connectivity index is 1.65. The molecule has 1 amide bonds. The predicted molar refractivity (Wildman–Crippen MR) is 114 cm³/mol. The molecule has 0 radical (unpaired) electrons. The molecule has 158 valence electrons. The molecule has 7 heteroatoms. The number of carbonyl (C=O) groups is 2. The number of hydrogen-bond donors (Lipinski definition) is 1. The number of para-hydroxylation sites is 1. The Hall–Kier alpha value is -2.41. The lowest BCUT2D eigenvalue weighted by Crippen LogP contribution is -2.47. The fraction of sp³-hybridized carbons (Fsp3) is 0.591. The third-order valence-corrected chi connectivity index (χ3v) is 5.59. The summed E-state index contributed by atoms with van der Waals surface area (Å²) in [6.45, 7) is 9.26. The number of benzene rings is 1. The van der Waals surface area contributed by atoms with Crippen LogP contribution in [-0.4, -0.2) is 60.8 Å². The number of anilines is 1. The van der Waals surface area contributed by atoms with Gasteiger partial charge < -0.3 is 15.0 Å². The lowest BCUT2D eigenvalue weighted by Gasteiger charge is -2.35. The van der Waals surface area contributed by atoms with Crippen molar-refractivity contribution in [2.24, 2.45) is 11.0 Å². The quantitative estimate of drug-likeness (QED) is 0.712. The lowest BCUT2D eigenvalue weighted by molar-refractivity contribution is -0.135. The molecule has 1 aromatic carbocycles. The Morgan fingerprint density at radius 2 is 2.03 bits per heavy atom. The van der Waals surface area contributed by atoms with Crippen molar-refractivity contribution in [1.29, 1.82) is 0 Å². The monoisotopic (exact) mass is 400 g/mol. The standard InChI is InChI=1S/C22H32N4O3/c1-4-29-22(28)19-13-20(26(24-19)18-10-6-5-7-11-18)21(27)23-14-17-9-8-12-25(15-17)16(2)3/h5-7,10-11,16-17,20H,4,8-9,12-15H2,1-3H3,(H,23,27). The van der Waals surface area contributed by atoms with Gasteiger partial charge in [-0.1, -0.05) is 18.2 Å². The highest BCUT2D eigenvalue weighted by molar-refractivity contribution is 6.38. The van der Waals surface area contributed by atoms with Gasteiger partial charge in [-0.25, -0.2) is 4.79 Å². The second-order valence-corrected chi connectivity index (χ2v) is 8.01. The highest BCUT2D eigenvalue weighted by Gasteiger charge is 2.37. The molecule has 2 atom stereocenters. The third kappa shape index (κ3) is 5.35. The number of esters is 1. The van der Waals surface area contributed by atoms with Crippen molar-refractivity contribution in [3.05, 3.63) is 30.3 Å². The number of amides is 1. The van der Waals surface area contributed by atoms with E-state index in [-0.39, 0.29) is 18.9 Å². The molecule has 2 aliphatic rings. The first-order valence-corrected chi connectivity index (χ1v) is 10.6. The van der Waals surface area contributed by atoms with Crippen LogP contribution in [0.2, 0.25) is 0 Å². The van der Waals surface area contributed by atoms with Crippen molar-refractivity contribution in [3.8, 4) is 0 Å². The summed E-state index contributed by atoms with van der Waals surface area (Å²) in [6.07, 6.45) is 2.54. The van der Waals surface area contributed by atoms with Gasteiger partial charge in [0.05, 0.1) is 12.3 Å². The van der Waals surface area contributed by atoms with E-state index in [1.807, 2.05) is 30.3 Å². The van der Waals surface area contributed by atoms with Crippen LogP contribution in [0.5, 0.6) is 0 Å². The largest absolute Gasteiger partial charge is 0.461 e. The fourth-order valence-corrected chi connectivity index (χ4v) is 3.97. The number of piperidine rings is 1. The van der Waals surface area contributed by atoms with Crippen molar-refractivity contribution in [1.82, 2.24) is 10.2 Å². The molecule has 1 N–H and O–H groups in total. The van der Waals surface area contributed by atoms with Gasteiger partial charge in [0.1, 0.15) is 11.8 Å². The first-order chi connectivity index (χ1) is 14.0. The Kier molecular flexibility index (Phi) is 7.25. The Morgan fingerprint density at radius 3 is 2.72 bits per heavy atom. The number of hydrazone groups is 1. The molecule has 0 saturated carbocycles. The predicted octanol–water partition coefficient (Wildman–Crippen LogP) is 2.42. The van der Waals surface area contributed by atoms with Gasteiger partial charge in [-0.2, -0.15) is 5.10 Å². The minimum absolute atomic E-state index is 0.0985. The topological polar surface area (TPSA) is 74.2 Å². The first-order valence-electron chi connectivity index (χ1n) is 10.6. The summed E-state index contributed by atoms with van der Waals surface area (Å²) >= 11 is 0. The summed E-state index contributed by atoms with van der Waals surface area (Å²) in [5.41, 5.74) is 1.08. The molecule has 7 nitrogen and oxygen atoms in total. The van der Waals surface area contributed by atoms with Gasteiger partial charge >= 0.3 is 5.97 Å². The summed E-state index contributed by atoms with van der Waals surface area (Å²) in [5.74, 6) is -0.103. The minimum Gasteiger partial charge on any atom is -0.461 e. The molecule has 0 spiro atoms. The zero-order valence-electron chi connectivity index (χ0n) is 17.6. The van der Waals surface area contributed by atoms with E-state index in [2.05, 4.69) is 29.2 Å². The molecule has 29 heavy (non-hydrogen) atoms. The zero-order chi connectivity index (χ0) is 20.8. The van der Waals surface area contributed by atoms with Crippen LogP contribution in [0.4, 0.5) is 5.69 Å². The van der Waals surface area contributed by atoms with Crippen LogP contribution < -0.4 is 10.3 Å². The van der Waals surface area contributed by atoms with Crippen molar-refractivity contribution in [2.45, 2.75) is 52.1 Å². The molecule has 1 aromatic rings. The van der Waals surface area contributed by atoms with E-state index in [1.54, 1.807) is 11.9 Å². The summed E-state index contributed by atoms with van der Waals surface area (Å²) in [6, 6.07) is 9.46. The van der Waals surface area contributed by atoms with E-state index >= 15 is 0 Å². The SMILES string of the molecule is CCOC(=O)C1=NN(c2ccccc2)C(C(=O)NCC2CCCN(C(C)C)C2)C1. The lowest BCUT2D eigenvalue weighted by atomic mass is 9.96. The van der Waals surface area contributed by atoms with E-state index in [0.717, 1.165) is 31.6 Å². The van der Waals surface area contributed by atoms with Gasteiger partial charge in [-0.05, 0) is 58.2 Å². The molecule has 2 heterocycles. The zero-order valence-corrected chi connectivity index (χ0v) is 17.6. The Bertz CT molecular complexity index is 735. The maximum Gasteiger partial charge on any atom is 0.354 e. The second kappa shape index (κ2) is 9.87. The molecule has 0 bridgehead atoms. The highest BCUT2D eigenvalue weighted by Crippen LogP contribution is 2.25. The molecule has 0 aromatic heterocycles. The van der Waals surface area contributed by atoms with E-state index in [9.17, 15) is 9.59 Å². The fourth-order valence-electron chi connectivity index (χ4n) is 3.97. The maximum atomic E-state index is 13.0. The third-order valence-electron chi connectivity index (χ3n) is 5.59. The second-order valence-electron chi connectivity index (χ2n) is 8.01. The van der Waals surface area contributed by atoms with Crippen molar-refractivity contribution in [3.63, 3.8) is 0 Å². The maximum absolute atomic E-state index is 13.0. The average Bonchev–Trinajstić information content (AvgIpc) is 3.19. The van der Waals surface area contributed by atoms with Crippen molar-refractivity contribution >= 4 is 23.3 Å². The van der Waals surface area contributed by atoms with Crippen LogP contribution >= 0.6 is 0 Å². The summed E-state index contributed by atoms with van der Waals surface area (Å²) < 4.78 is 5.09. The van der Waals surface area contributed by atoms with Gasteiger partial charge in [-0.15, -0.1) is 0 Å². The smallest absolute Gasteiger partial charge is 0.354 e. The molecular formula is C22H32N4O3. The van der Waals surface area contributed by atoms with E-state index < -0.39 is 12.0 Å². The van der Waals surface area contributed by atoms with Crippen LogP contribution in [-0.2, 0) is 14.3 Å². The van der Waals surface area contributed by atoms with E-state index in [1.165, 1.54) is 0 Å². The van der Waals surface area contributed by atoms with Crippen LogP contribution in [0.1, 0.15) is 40.0 Å². The number of carbonyl (C=O) groups excluding carboxylic acids is 2. The van der Waals surface area contributed by atoms with Gasteiger partial charge in [0.2, 0.25) is 5.91 Å². The molecule has 0 aliphatic carbocycles. The Morgan fingerprint density at radius 1 is 1.28 bits per heavy atom. The summed E-state index contributed by atoms with van der Waals surface area (Å²) in [7, 11) is 0. The van der Waals surface area contributed by atoms with Gasteiger partial charge in [0, 0.05) is 25.6 Å². The number of nitrogens with one attached hydrogen (secondary N) is 1. The van der Waals surface area contributed by atoms with Crippen LogP contribution in [0.15, 0.2) is 35.4 Å². The first kappa shape index (κ1) is 21.3. The molecule has 1 saturated heterocycles. The average molecular weight is 401 g/mol.